The molecule has 11 rings (SSSR count). The van der Waals surface area contributed by atoms with Crippen molar-refractivity contribution in [2.24, 2.45) is 0 Å². The maximum atomic E-state index is 6.40. The first kappa shape index (κ1) is 29.4. The molecule has 0 bridgehead atoms. The van der Waals surface area contributed by atoms with Crippen LogP contribution < -0.4 is 4.90 Å². The van der Waals surface area contributed by atoms with E-state index in [1.165, 1.54) is 52.2 Å². The standard InChI is InChI=1S/C48H30N2OSe/c1-2-10-33(11-3-1)50-43-15-7-4-12-37(43)41-29-35(24-26-44(41)50)49(36-23-25-39-38-13-5-8-16-45(38)51-46(39)30-36)34-21-18-31(19-22-34)32-20-27-48-42(28-32)40-14-6-9-17-47(40)52-48/h1-30H. The van der Waals surface area contributed by atoms with Crippen LogP contribution in [0, 0.1) is 0 Å². The molecule has 11 aromatic rings. The Labute approximate surface area is 305 Å². The number of aromatic nitrogens is 1. The molecule has 3 aromatic heterocycles. The fourth-order valence-corrected chi connectivity index (χ4v) is 10.2. The van der Waals surface area contributed by atoms with Crippen molar-refractivity contribution in [1.82, 2.24) is 4.57 Å². The Balaban J connectivity index is 1.08. The van der Waals surface area contributed by atoms with E-state index in [9.17, 15) is 0 Å². The molecule has 0 saturated carbocycles. The summed E-state index contributed by atoms with van der Waals surface area (Å²) < 4.78 is 11.7. The van der Waals surface area contributed by atoms with Gasteiger partial charge in [0.25, 0.3) is 0 Å². The van der Waals surface area contributed by atoms with E-state index in [4.69, 9.17) is 4.42 Å². The molecule has 244 valence electrons. The Morgan fingerprint density at radius 3 is 1.90 bits per heavy atom. The first-order valence-corrected chi connectivity index (χ1v) is 19.3. The number of fused-ring (bicyclic) bond motifs is 9. The Morgan fingerprint density at radius 2 is 1.02 bits per heavy atom. The minimum absolute atomic E-state index is 0.365. The molecule has 0 aliphatic heterocycles. The van der Waals surface area contributed by atoms with E-state index in [2.05, 4.69) is 179 Å². The van der Waals surface area contributed by atoms with Crippen LogP contribution >= 0.6 is 0 Å². The molecule has 0 fully saturated rings. The van der Waals surface area contributed by atoms with Gasteiger partial charge in [-0.1, -0.05) is 54.6 Å². The molecule has 0 amide bonds. The van der Waals surface area contributed by atoms with Crippen LogP contribution in [-0.2, 0) is 0 Å². The molecule has 0 saturated heterocycles. The number of hydrogen-bond acceptors (Lipinski definition) is 2. The van der Waals surface area contributed by atoms with Crippen LogP contribution in [0.25, 0.3) is 79.9 Å². The van der Waals surface area contributed by atoms with Gasteiger partial charge in [0.05, 0.1) is 11.0 Å². The molecule has 0 spiro atoms. The Bertz CT molecular complexity index is 3130. The average Bonchev–Trinajstić information content (AvgIpc) is 3.87. The van der Waals surface area contributed by atoms with Gasteiger partial charge in [0.15, 0.2) is 0 Å². The van der Waals surface area contributed by atoms with E-state index in [1.54, 1.807) is 0 Å². The van der Waals surface area contributed by atoms with E-state index in [0.717, 1.165) is 44.7 Å². The van der Waals surface area contributed by atoms with Crippen molar-refractivity contribution in [3.05, 3.63) is 182 Å². The molecule has 52 heavy (non-hydrogen) atoms. The molecule has 8 aromatic carbocycles. The van der Waals surface area contributed by atoms with Gasteiger partial charge in [-0.05, 0) is 24.3 Å². The minimum Gasteiger partial charge on any atom is -0.0602 e. The summed E-state index contributed by atoms with van der Waals surface area (Å²) in [6.07, 6.45) is 0. The normalized spacial score (nSPS) is 11.8. The predicted octanol–water partition coefficient (Wildman–Crippen LogP) is 13.2. The number of rotatable bonds is 5. The molecule has 0 aliphatic carbocycles. The van der Waals surface area contributed by atoms with Gasteiger partial charge in [0, 0.05) is 21.8 Å². The van der Waals surface area contributed by atoms with Crippen LogP contribution in [0.15, 0.2) is 186 Å². The second kappa shape index (κ2) is 11.6. The number of benzene rings is 8. The Hall–Kier alpha value is -6.32. The predicted molar refractivity (Wildman–Crippen MR) is 220 cm³/mol. The van der Waals surface area contributed by atoms with E-state index >= 15 is 0 Å². The van der Waals surface area contributed by atoms with Gasteiger partial charge >= 0.3 is 181 Å². The van der Waals surface area contributed by atoms with E-state index in [1.807, 2.05) is 12.1 Å². The van der Waals surface area contributed by atoms with Crippen molar-refractivity contribution in [3.63, 3.8) is 0 Å². The maximum absolute atomic E-state index is 6.40. The first-order chi connectivity index (χ1) is 25.8. The molecule has 0 unspecified atom stereocenters. The third-order valence-corrected chi connectivity index (χ3v) is 12.8. The zero-order valence-electron chi connectivity index (χ0n) is 28.0. The summed E-state index contributed by atoms with van der Waals surface area (Å²) in [6.45, 7) is 0. The number of furan rings is 1. The topological polar surface area (TPSA) is 21.3 Å². The molecule has 0 atom stereocenters. The first-order valence-electron chi connectivity index (χ1n) is 17.6. The van der Waals surface area contributed by atoms with Crippen molar-refractivity contribution < 1.29 is 4.42 Å². The second-order valence-corrected chi connectivity index (χ2v) is 15.6. The van der Waals surface area contributed by atoms with Crippen molar-refractivity contribution >= 4 is 94.6 Å². The van der Waals surface area contributed by atoms with E-state index < -0.39 is 0 Å². The number of hydrogen-bond donors (Lipinski definition) is 0. The fraction of sp³-hybridized carbons (Fsp3) is 0. The monoisotopic (exact) mass is 730 g/mol. The quantitative estimate of drug-likeness (QED) is 0.165. The van der Waals surface area contributed by atoms with Crippen molar-refractivity contribution in [1.29, 1.82) is 0 Å². The van der Waals surface area contributed by atoms with Crippen LogP contribution in [0.2, 0.25) is 0 Å². The van der Waals surface area contributed by atoms with Crippen LogP contribution in [0.4, 0.5) is 17.1 Å². The molecule has 0 radical (unpaired) electrons. The summed E-state index contributed by atoms with van der Waals surface area (Å²) in [6, 6.07) is 65.9. The van der Waals surface area contributed by atoms with E-state index in [0.29, 0.717) is 14.5 Å². The summed E-state index contributed by atoms with van der Waals surface area (Å²) in [5.74, 6) is 0. The molecule has 3 heterocycles. The fourth-order valence-electron chi connectivity index (χ4n) is 7.96. The summed E-state index contributed by atoms with van der Waals surface area (Å²) in [5, 5.41) is 7.45. The number of para-hydroxylation sites is 3. The molecular formula is C48H30N2OSe. The summed E-state index contributed by atoms with van der Waals surface area (Å²) >= 11 is 0.365. The van der Waals surface area contributed by atoms with Crippen molar-refractivity contribution in [3.8, 4) is 16.8 Å². The minimum atomic E-state index is 0.365. The summed E-state index contributed by atoms with van der Waals surface area (Å²) in [4.78, 5) is 2.35. The zero-order valence-corrected chi connectivity index (χ0v) is 29.7. The molecule has 3 nitrogen and oxygen atoms in total. The van der Waals surface area contributed by atoms with Gasteiger partial charge in [-0.25, -0.2) is 0 Å². The van der Waals surface area contributed by atoms with Crippen LogP contribution in [0.3, 0.4) is 0 Å². The SMILES string of the molecule is c1ccc(-n2c3ccccc3c3cc(N(c4ccc(-c5ccc6[se]c7ccccc7c6c5)cc4)c4ccc5c(c4)oc4ccccc45)ccc32)cc1. The van der Waals surface area contributed by atoms with Crippen molar-refractivity contribution in [2.45, 2.75) is 0 Å². The van der Waals surface area contributed by atoms with Crippen molar-refractivity contribution in [2.75, 3.05) is 4.90 Å². The Kier molecular flexibility index (Phi) is 6.57. The van der Waals surface area contributed by atoms with Crippen LogP contribution in [0.1, 0.15) is 0 Å². The number of anilines is 3. The van der Waals surface area contributed by atoms with Gasteiger partial charge in [0.1, 0.15) is 5.58 Å². The third kappa shape index (κ3) is 4.59. The average molecular weight is 730 g/mol. The molecule has 0 aliphatic rings. The second-order valence-electron chi connectivity index (χ2n) is 13.4. The summed E-state index contributed by atoms with van der Waals surface area (Å²) in [7, 11) is 0. The Morgan fingerprint density at radius 1 is 0.385 bits per heavy atom. The van der Waals surface area contributed by atoms with Gasteiger partial charge in [0.2, 0.25) is 0 Å². The smallest absolute Gasteiger partial charge is 0.0602 e. The van der Waals surface area contributed by atoms with Crippen LogP contribution in [-0.4, -0.2) is 19.1 Å². The third-order valence-electron chi connectivity index (χ3n) is 10.4. The molecule has 4 heteroatoms. The van der Waals surface area contributed by atoms with Gasteiger partial charge in [-0.15, -0.1) is 0 Å². The van der Waals surface area contributed by atoms with Gasteiger partial charge < -0.3 is 8.98 Å². The number of nitrogens with zero attached hydrogens (tertiary/aromatic N) is 2. The van der Waals surface area contributed by atoms with Gasteiger partial charge in [-0.2, -0.15) is 0 Å². The van der Waals surface area contributed by atoms with Gasteiger partial charge in [-0.3, -0.25) is 0 Å². The van der Waals surface area contributed by atoms with E-state index in [-0.39, 0.29) is 0 Å². The zero-order chi connectivity index (χ0) is 34.2. The van der Waals surface area contributed by atoms with Crippen LogP contribution in [0.5, 0.6) is 0 Å². The summed E-state index contributed by atoms with van der Waals surface area (Å²) in [5.41, 5.74) is 11.0. The molecular weight excluding hydrogens is 700 g/mol. The molecule has 0 N–H and O–H groups in total.